The van der Waals surface area contributed by atoms with E-state index in [4.69, 9.17) is 6.42 Å². The van der Waals surface area contributed by atoms with Crippen LogP contribution in [0.5, 0.6) is 0 Å². The van der Waals surface area contributed by atoms with Crippen LogP contribution in [0, 0.1) is 12.3 Å². The lowest BCUT2D eigenvalue weighted by Crippen LogP contribution is -2.25. The Morgan fingerprint density at radius 3 is 2.57 bits per heavy atom. The molecule has 0 saturated heterocycles. The second-order valence-electron chi connectivity index (χ2n) is 4.60. The number of rotatable bonds is 6. The minimum absolute atomic E-state index is 0.0524. The molecule has 2 aromatic rings. The molecule has 1 aromatic carbocycles. The first-order chi connectivity index (χ1) is 11.0. The Balaban J connectivity index is 2.02. The van der Waals surface area contributed by atoms with Gasteiger partial charge in [-0.2, -0.15) is 4.72 Å². The van der Waals surface area contributed by atoms with Gasteiger partial charge >= 0.3 is 0 Å². The van der Waals surface area contributed by atoms with Crippen LogP contribution in [0.3, 0.4) is 0 Å². The second kappa shape index (κ2) is 7.54. The molecule has 0 fully saturated rings. The number of nitrogens with zero attached hydrogens (tertiary/aromatic N) is 1. The summed E-state index contributed by atoms with van der Waals surface area (Å²) in [4.78, 5) is 16.0. The molecule has 2 N–H and O–H groups in total. The number of hydrogen-bond donors (Lipinski definition) is 2. The third-order valence-electron chi connectivity index (χ3n) is 2.97. The lowest BCUT2D eigenvalue weighted by atomic mass is 10.2. The topological polar surface area (TPSA) is 88.2 Å². The monoisotopic (exact) mass is 329 g/mol. The Bertz CT molecular complexity index is 810. The Labute approximate surface area is 135 Å². The first-order valence-corrected chi connectivity index (χ1v) is 8.21. The van der Waals surface area contributed by atoms with Gasteiger partial charge in [-0.1, -0.05) is 12.0 Å². The van der Waals surface area contributed by atoms with Crippen molar-refractivity contribution < 1.29 is 13.2 Å². The van der Waals surface area contributed by atoms with Gasteiger partial charge in [0.25, 0.3) is 5.91 Å². The number of carbonyl (C=O) groups is 1. The Morgan fingerprint density at radius 2 is 1.96 bits per heavy atom. The van der Waals surface area contributed by atoms with E-state index in [-0.39, 0.29) is 17.3 Å². The van der Waals surface area contributed by atoms with Gasteiger partial charge in [0.15, 0.2) is 0 Å². The van der Waals surface area contributed by atoms with Crippen molar-refractivity contribution in [2.45, 2.75) is 11.4 Å². The van der Waals surface area contributed by atoms with Gasteiger partial charge in [0.05, 0.1) is 11.4 Å². The fourth-order valence-corrected chi connectivity index (χ4v) is 2.73. The molecule has 0 bridgehead atoms. The third kappa shape index (κ3) is 4.64. The van der Waals surface area contributed by atoms with Crippen LogP contribution in [-0.4, -0.2) is 25.9 Å². The molecule has 0 aliphatic carbocycles. The van der Waals surface area contributed by atoms with E-state index >= 15 is 0 Å². The summed E-state index contributed by atoms with van der Waals surface area (Å²) in [7, 11) is -3.65. The minimum Gasteiger partial charge on any atom is -0.348 e. The Hall–Kier alpha value is -2.69. The van der Waals surface area contributed by atoms with Crippen molar-refractivity contribution in [1.82, 2.24) is 15.0 Å². The molecule has 1 aromatic heterocycles. The molecule has 0 radical (unpaired) electrons. The molecule has 1 heterocycles. The van der Waals surface area contributed by atoms with Crippen molar-refractivity contribution in [1.29, 1.82) is 0 Å². The SMILES string of the molecule is C#CCNS(=O)(=O)c1ccc(C(=O)NCc2cccnc2)cc1. The zero-order valence-corrected chi connectivity index (χ0v) is 13.0. The quantitative estimate of drug-likeness (QED) is 0.772. The zero-order valence-electron chi connectivity index (χ0n) is 12.2. The standard InChI is InChI=1S/C16H15N3O3S/c1-2-9-19-23(21,22)15-7-5-14(6-8-15)16(20)18-12-13-4-3-10-17-11-13/h1,3-8,10-11,19H,9,12H2,(H,18,20). The summed E-state index contributed by atoms with van der Waals surface area (Å²) in [5, 5.41) is 2.74. The van der Waals surface area contributed by atoms with Crippen molar-refractivity contribution in [2.24, 2.45) is 0 Å². The maximum absolute atomic E-state index is 12.0. The van der Waals surface area contributed by atoms with Gasteiger partial charge in [-0.05, 0) is 35.9 Å². The van der Waals surface area contributed by atoms with Crippen LogP contribution in [0.25, 0.3) is 0 Å². The summed E-state index contributed by atoms with van der Waals surface area (Å²) in [5.74, 6) is 1.90. The predicted molar refractivity (Wildman–Crippen MR) is 85.9 cm³/mol. The first kappa shape index (κ1) is 16.7. The van der Waals surface area contributed by atoms with Crippen molar-refractivity contribution in [3.63, 3.8) is 0 Å². The average molecular weight is 329 g/mol. The summed E-state index contributed by atoms with van der Waals surface area (Å²) < 4.78 is 26.0. The highest BCUT2D eigenvalue weighted by atomic mass is 32.2. The second-order valence-corrected chi connectivity index (χ2v) is 6.36. The van der Waals surface area contributed by atoms with Gasteiger partial charge in [0.1, 0.15) is 0 Å². The number of terminal acetylenes is 1. The average Bonchev–Trinajstić information content (AvgIpc) is 2.59. The van der Waals surface area contributed by atoms with Crippen molar-refractivity contribution in [2.75, 3.05) is 6.54 Å². The van der Waals surface area contributed by atoms with E-state index in [1.807, 2.05) is 6.07 Å². The zero-order chi connectivity index (χ0) is 16.7. The summed E-state index contributed by atoms with van der Waals surface area (Å²) in [6, 6.07) is 9.24. The lowest BCUT2D eigenvalue weighted by Gasteiger charge is -2.07. The Morgan fingerprint density at radius 1 is 1.22 bits per heavy atom. The van der Waals surface area contributed by atoms with Crippen LogP contribution in [0.1, 0.15) is 15.9 Å². The molecule has 0 aliphatic heterocycles. The number of pyridine rings is 1. The maximum Gasteiger partial charge on any atom is 0.251 e. The number of sulfonamides is 1. The molecule has 23 heavy (non-hydrogen) atoms. The van der Waals surface area contributed by atoms with E-state index in [2.05, 4.69) is 20.9 Å². The van der Waals surface area contributed by atoms with Crippen LogP contribution in [-0.2, 0) is 16.6 Å². The highest BCUT2D eigenvalue weighted by molar-refractivity contribution is 7.89. The largest absolute Gasteiger partial charge is 0.348 e. The first-order valence-electron chi connectivity index (χ1n) is 6.73. The molecule has 0 aliphatic rings. The van der Waals surface area contributed by atoms with Crippen molar-refractivity contribution in [3.8, 4) is 12.3 Å². The summed E-state index contributed by atoms with van der Waals surface area (Å²) in [6.45, 7) is 0.256. The van der Waals surface area contributed by atoms with Crippen LogP contribution in [0.2, 0.25) is 0 Å². The van der Waals surface area contributed by atoms with Gasteiger partial charge < -0.3 is 5.32 Å². The molecule has 0 atom stereocenters. The number of aromatic nitrogens is 1. The molecule has 0 unspecified atom stereocenters. The highest BCUT2D eigenvalue weighted by Crippen LogP contribution is 2.10. The number of carbonyl (C=O) groups excluding carboxylic acids is 1. The predicted octanol–water partition coefficient (Wildman–Crippen LogP) is 0.923. The molecule has 0 spiro atoms. The van der Waals surface area contributed by atoms with Gasteiger partial charge in [0.2, 0.25) is 10.0 Å². The van der Waals surface area contributed by atoms with Crippen LogP contribution >= 0.6 is 0 Å². The highest BCUT2D eigenvalue weighted by Gasteiger charge is 2.14. The van der Waals surface area contributed by atoms with Gasteiger partial charge in [0, 0.05) is 24.5 Å². The molecular formula is C16H15N3O3S. The fourth-order valence-electron chi connectivity index (χ4n) is 1.79. The molecule has 2 rings (SSSR count). The number of benzene rings is 1. The Kier molecular flexibility index (Phi) is 5.46. The minimum atomic E-state index is -3.65. The fraction of sp³-hybridized carbons (Fsp3) is 0.125. The molecule has 0 saturated carbocycles. The van der Waals surface area contributed by atoms with Crippen LogP contribution < -0.4 is 10.0 Å². The van der Waals surface area contributed by atoms with Crippen LogP contribution in [0.15, 0.2) is 53.7 Å². The van der Waals surface area contributed by atoms with E-state index in [0.717, 1.165) is 5.56 Å². The third-order valence-corrected chi connectivity index (χ3v) is 4.38. The van der Waals surface area contributed by atoms with Crippen molar-refractivity contribution in [3.05, 3.63) is 59.9 Å². The molecule has 7 heteroatoms. The number of hydrogen-bond acceptors (Lipinski definition) is 4. The van der Waals surface area contributed by atoms with Gasteiger partial charge in [-0.3, -0.25) is 9.78 Å². The number of nitrogens with one attached hydrogen (secondary N) is 2. The number of amides is 1. The summed E-state index contributed by atoms with van der Waals surface area (Å²) in [5.41, 5.74) is 1.24. The molecule has 118 valence electrons. The van der Waals surface area contributed by atoms with Gasteiger partial charge in [-0.25, -0.2) is 8.42 Å². The summed E-state index contributed by atoms with van der Waals surface area (Å²) >= 11 is 0. The lowest BCUT2D eigenvalue weighted by molar-refractivity contribution is 0.0951. The maximum atomic E-state index is 12.0. The van der Waals surface area contributed by atoms with Crippen molar-refractivity contribution >= 4 is 15.9 Å². The van der Waals surface area contributed by atoms with Crippen LogP contribution in [0.4, 0.5) is 0 Å². The van der Waals surface area contributed by atoms with E-state index in [0.29, 0.717) is 12.1 Å². The van der Waals surface area contributed by atoms with E-state index in [9.17, 15) is 13.2 Å². The molecule has 6 nitrogen and oxygen atoms in total. The smallest absolute Gasteiger partial charge is 0.251 e. The van der Waals surface area contributed by atoms with E-state index in [1.165, 1.54) is 24.3 Å². The summed E-state index contributed by atoms with van der Waals surface area (Å²) in [6.07, 6.45) is 8.34. The molecule has 1 amide bonds. The van der Waals surface area contributed by atoms with Gasteiger partial charge in [-0.15, -0.1) is 6.42 Å². The van der Waals surface area contributed by atoms with E-state index < -0.39 is 10.0 Å². The normalized spacial score (nSPS) is 10.7. The molecular weight excluding hydrogens is 314 g/mol. The van der Waals surface area contributed by atoms with E-state index in [1.54, 1.807) is 18.5 Å².